The average molecular weight is 264 g/mol. The Morgan fingerprint density at radius 2 is 1.63 bits per heavy atom. The van der Waals surface area contributed by atoms with E-state index in [0.29, 0.717) is 10.8 Å². The first kappa shape index (κ1) is 15.4. The number of rotatable bonds is 2. The lowest BCUT2D eigenvalue weighted by atomic mass is 9.48. The van der Waals surface area contributed by atoms with Crippen molar-refractivity contribution in [3.8, 4) is 0 Å². The maximum Gasteiger partial charge on any atom is -0.0266 e. The topological polar surface area (TPSA) is 0 Å². The van der Waals surface area contributed by atoms with E-state index in [9.17, 15) is 0 Å². The number of fused-ring (bicyclic) bond motifs is 1. The molecule has 0 N–H and O–H groups in total. The summed E-state index contributed by atoms with van der Waals surface area (Å²) < 4.78 is 0. The Morgan fingerprint density at radius 3 is 2.21 bits per heavy atom. The van der Waals surface area contributed by atoms with Gasteiger partial charge in [0.25, 0.3) is 0 Å². The van der Waals surface area contributed by atoms with E-state index in [1.165, 1.54) is 32.1 Å². The summed E-state index contributed by atoms with van der Waals surface area (Å²) in [5.74, 6) is 4.62. The lowest BCUT2D eigenvalue weighted by Crippen LogP contribution is -2.48. The van der Waals surface area contributed by atoms with E-state index in [1.807, 2.05) is 0 Å². The molecular weight excluding hydrogens is 228 g/mol. The molecule has 2 aliphatic rings. The molecule has 0 heterocycles. The molecule has 2 rings (SSSR count). The van der Waals surface area contributed by atoms with Crippen LogP contribution in [0.5, 0.6) is 0 Å². The fourth-order valence-corrected chi connectivity index (χ4v) is 5.15. The van der Waals surface area contributed by atoms with Crippen LogP contribution in [0.15, 0.2) is 0 Å². The second kappa shape index (κ2) is 5.08. The second-order valence-corrected chi connectivity index (χ2v) is 9.02. The van der Waals surface area contributed by atoms with E-state index in [1.54, 1.807) is 0 Å². The predicted molar refractivity (Wildman–Crippen MR) is 85.1 cm³/mol. The third-order valence-corrected chi connectivity index (χ3v) is 7.77. The highest BCUT2D eigenvalue weighted by Gasteiger charge is 2.51. The highest BCUT2D eigenvalue weighted by Crippen LogP contribution is 2.59. The molecule has 19 heavy (non-hydrogen) atoms. The third-order valence-electron chi connectivity index (χ3n) is 7.77. The summed E-state index contributed by atoms with van der Waals surface area (Å²) in [5.41, 5.74) is 1.13. The molecule has 0 aromatic heterocycles. The summed E-state index contributed by atoms with van der Waals surface area (Å²) >= 11 is 0. The monoisotopic (exact) mass is 264 g/mol. The van der Waals surface area contributed by atoms with Crippen LogP contribution >= 0.6 is 0 Å². The van der Waals surface area contributed by atoms with Crippen molar-refractivity contribution in [1.29, 1.82) is 0 Å². The Kier molecular flexibility index (Phi) is 4.11. The Balaban J connectivity index is 2.20. The van der Waals surface area contributed by atoms with Crippen molar-refractivity contribution in [2.24, 2.45) is 40.4 Å². The largest absolute Gasteiger partial charge is 0.0623 e. The maximum absolute atomic E-state index is 2.63. The molecule has 0 aliphatic heterocycles. The van der Waals surface area contributed by atoms with Gasteiger partial charge in [-0.2, -0.15) is 0 Å². The molecule has 0 nitrogen and oxygen atoms in total. The van der Waals surface area contributed by atoms with E-state index < -0.39 is 0 Å². The Bertz CT molecular complexity index is 314. The van der Waals surface area contributed by atoms with Crippen LogP contribution in [0.2, 0.25) is 0 Å². The summed E-state index contributed by atoms with van der Waals surface area (Å²) in [7, 11) is 0. The van der Waals surface area contributed by atoms with Gasteiger partial charge in [0.05, 0.1) is 0 Å². The first-order chi connectivity index (χ1) is 8.69. The van der Waals surface area contributed by atoms with E-state index in [2.05, 4.69) is 48.5 Å². The molecule has 112 valence electrons. The molecule has 0 heteroatoms. The van der Waals surface area contributed by atoms with Crippen LogP contribution in [0, 0.1) is 40.4 Å². The third kappa shape index (κ3) is 2.49. The fourth-order valence-electron chi connectivity index (χ4n) is 5.15. The minimum Gasteiger partial charge on any atom is -0.0623 e. The molecule has 5 unspecified atom stereocenters. The molecular formula is C19H36. The van der Waals surface area contributed by atoms with Gasteiger partial charge in [0.1, 0.15) is 0 Å². The molecule has 0 radical (unpaired) electrons. The van der Waals surface area contributed by atoms with Crippen LogP contribution in [-0.2, 0) is 0 Å². The molecule has 0 bridgehead atoms. The van der Waals surface area contributed by atoms with E-state index in [-0.39, 0.29) is 0 Å². The first-order valence-corrected chi connectivity index (χ1v) is 8.69. The molecule has 5 atom stereocenters. The van der Waals surface area contributed by atoms with Crippen LogP contribution < -0.4 is 0 Å². The summed E-state index contributed by atoms with van der Waals surface area (Å²) in [6.45, 7) is 17.5. The fraction of sp³-hybridized carbons (Fsp3) is 1.00. The highest BCUT2D eigenvalue weighted by atomic mass is 14.6. The van der Waals surface area contributed by atoms with Crippen molar-refractivity contribution in [3.05, 3.63) is 0 Å². The quantitative estimate of drug-likeness (QED) is 0.560. The van der Waals surface area contributed by atoms with Crippen molar-refractivity contribution >= 4 is 0 Å². The molecule has 2 saturated carbocycles. The van der Waals surface area contributed by atoms with Gasteiger partial charge in [-0.05, 0) is 66.1 Å². The molecule has 0 aromatic rings. The van der Waals surface area contributed by atoms with Gasteiger partial charge < -0.3 is 0 Å². The predicted octanol–water partition coefficient (Wildman–Crippen LogP) is 6.16. The van der Waals surface area contributed by atoms with Crippen LogP contribution in [-0.4, -0.2) is 0 Å². The van der Waals surface area contributed by atoms with Crippen molar-refractivity contribution in [1.82, 2.24) is 0 Å². The summed E-state index contributed by atoms with van der Waals surface area (Å²) in [4.78, 5) is 0. The van der Waals surface area contributed by atoms with Crippen LogP contribution in [0.4, 0.5) is 0 Å². The van der Waals surface area contributed by atoms with Crippen molar-refractivity contribution < 1.29 is 0 Å². The SMILES string of the molecule is CC1CCC(C)C2(C)CC(C(C)(C)C(C)C)CCC12. The van der Waals surface area contributed by atoms with Crippen LogP contribution in [0.3, 0.4) is 0 Å². The van der Waals surface area contributed by atoms with Gasteiger partial charge in [-0.15, -0.1) is 0 Å². The lowest BCUT2D eigenvalue weighted by Gasteiger charge is -2.57. The standard InChI is InChI=1S/C19H36/c1-13(2)18(5,6)16-10-11-17-14(3)8-9-15(4)19(17,7)12-16/h13-17H,8-12H2,1-7H3. The Morgan fingerprint density at radius 1 is 1.00 bits per heavy atom. The Labute approximate surface area is 121 Å². The van der Waals surface area contributed by atoms with Gasteiger partial charge in [-0.25, -0.2) is 0 Å². The van der Waals surface area contributed by atoms with Crippen LogP contribution in [0.1, 0.15) is 80.6 Å². The van der Waals surface area contributed by atoms with Crippen molar-refractivity contribution in [3.63, 3.8) is 0 Å². The zero-order valence-electron chi connectivity index (χ0n) is 14.4. The van der Waals surface area contributed by atoms with E-state index in [4.69, 9.17) is 0 Å². The minimum absolute atomic E-state index is 0.508. The van der Waals surface area contributed by atoms with Gasteiger partial charge in [-0.1, -0.05) is 54.9 Å². The second-order valence-electron chi connectivity index (χ2n) is 9.02. The highest BCUT2D eigenvalue weighted by molar-refractivity contribution is 5.00. The normalized spacial score (nSPS) is 44.2. The molecule has 2 aliphatic carbocycles. The van der Waals surface area contributed by atoms with E-state index >= 15 is 0 Å². The first-order valence-electron chi connectivity index (χ1n) is 8.69. The Hall–Kier alpha value is 0. The molecule has 0 aromatic carbocycles. The maximum atomic E-state index is 2.63. The zero-order valence-corrected chi connectivity index (χ0v) is 14.4. The summed E-state index contributed by atoms with van der Waals surface area (Å²) in [6.07, 6.45) is 7.38. The zero-order chi connectivity index (χ0) is 14.4. The number of hydrogen-bond donors (Lipinski definition) is 0. The minimum atomic E-state index is 0.508. The van der Waals surface area contributed by atoms with Gasteiger partial charge in [0.2, 0.25) is 0 Å². The van der Waals surface area contributed by atoms with Crippen molar-refractivity contribution in [2.45, 2.75) is 80.6 Å². The molecule has 2 fully saturated rings. The van der Waals surface area contributed by atoms with Gasteiger partial charge in [-0.3, -0.25) is 0 Å². The van der Waals surface area contributed by atoms with Gasteiger partial charge in [0.15, 0.2) is 0 Å². The van der Waals surface area contributed by atoms with Gasteiger partial charge in [0, 0.05) is 0 Å². The average Bonchev–Trinajstić information content (AvgIpc) is 2.33. The van der Waals surface area contributed by atoms with Crippen LogP contribution in [0.25, 0.3) is 0 Å². The van der Waals surface area contributed by atoms with Gasteiger partial charge >= 0.3 is 0 Å². The van der Waals surface area contributed by atoms with E-state index in [0.717, 1.165) is 29.6 Å². The summed E-state index contributed by atoms with van der Waals surface area (Å²) in [5, 5.41) is 0. The van der Waals surface area contributed by atoms with Crippen molar-refractivity contribution in [2.75, 3.05) is 0 Å². The lowest BCUT2D eigenvalue weighted by molar-refractivity contribution is -0.0751. The summed E-state index contributed by atoms with van der Waals surface area (Å²) in [6, 6.07) is 0. The number of hydrogen-bond acceptors (Lipinski definition) is 0. The molecule has 0 spiro atoms. The molecule has 0 amide bonds. The smallest absolute Gasteiger partial charge is 0.0266 e. The molecule has 0 saturated heterocycles.